The lowest BCUT2D eigenvalue weighted by Crippen LogP contribution is -2.41. The van der Waals surface area contributed by atoms with Crippen LogP contribution in [0.25, 0.3) is 0 Å². The van der Waals surface area contributed by atoms with E-state index >= 15 is 0 Å². The molecule has 2 heteroatoms. The van der Waals surface area contributed by atoms with Crippen LogP contribution in [0, 0.1) is 11.8 Å². The number of nitrogens with zero attached hydrogens (tertiary/aromatic N) is 1. The molecule has 0 spiro atoms. The summed E-state index contributed by atoms with van der Waals surface area (Å²) < 4.78 is 0. The third kappa shape index (κ3) is 2.96. The summed E-state index contributed by atoms with van der Waals surface area (Å²) in [4.78, 5) is 2.45. The van der Waals surface area contributed by atoms with Gasteiger partial charge in [0.25, 0.3) is 0 Å². The Hall–Kier alpha value is -0.0800. The lowest BCUT2D eigenvalue weighted by Gasteiger charge is -2.33. The van der Waals surface area contributed by atoms with Crippen molar-refractivity contribution >= 4 is 0 Å². The first-order chi connectivity index (χ1) is 6.75. The number of piperidine rings is 1. The van der Waals surface area contributed by atoms with Crippen LogP contribution in [0.3, 0.4) is 0 Å². The lowest BCUT2D eigenvalue weighted by atomic mass is 9.90. The smallest absolute Gasteiger partial charge is 0.00680 e. The number of likely N-dealkylation sites (tertiary alicyclic amines) is 1. The number of hydrogen-bond acceptors (Lipinski definition) is 2. The molecule has 1 aliphatic heterocycles. The van der Waals surface area contributed by atoms with Crippen molar-refractivity contribution in [1.29, 1.82) is 0 Å². The molecule has 0 aromatic rings. The largest absolute Gasteiger partial charge is 0.314 e. The molecule has 1 unspecified atom stereocenters. The molecule has 2 aliphatic rings. The Morgan fingerprint density at radius 2 is 1.86 bits per heavy atom. The van der Waals surface area contributed by atoms with Gasteiger partial charge >= 0.3 is 0 Å². The van der Waals surface area contributed by atoms with Crippen LogP contribution in [0.2, 0.25) is 0 Å². The summed E-state index contributed by atoms with van der Waals surface area (Å²) in [7, 11) is 2.23. The Labute approximate surface area is 88.1 Å². The molecule has 0 bridgehead atoms. The number of nitrogens with one attached hydrogen (secondary N) is 1. The topological polar surface area (TPSA) is 15.3 Å². The predicted molar refractivity (Wildman–Crippen MR) is 60.4 cm³/mol. The molecule has 2 nitrogen and oxygen atoms in total. The zero-order chi connectivity index (χ0) is 9.97. The van der Waals surface area contributed by atoms with Crippen molar-refractivity contribution in [3.8, 4) is 0 Å². The SMILES string of the molecule is CC(NCC1CC1)C1CCN(C)CC1. The molecule has 0 aromatic carbocycles. The van der Waals surface area contributed by atoms with Gasteiger partial charge in [0.2, 0.25) is 0 Å². The Morgan fingerprint density at radius 3 is 2.43 bits per heavy atom. The highest BCUT2D eigenvalue weighted by Crippen LogP contribution is 2.28. The van der Waals surface area contributed by atoms with Gasteiger partial charge in [-0.15, -0.1) is 0 Å². The fourth-order valence-corrected chi connectivity index (χ4v) is 2.37. The van der Waals surface area contributed by atoms with Crippen molar-refractivity contribution in [3.63, 3.8) is 0 Å². The zero-order valence-electron chi connectivity index (χ0n) is 9.63. The number of hydrogen-bond donors (Lipinski definition) is 1. The Kier molecular flexibility index (Phi) is 3.45. The molecular formula is C12H24N2. The summed E-state index contributed by atoms with van der Waals surface area (Å²) >= 11 is 0. The van der Waals surface area contributed by atoms with E-state index in [1.54, 1.807) is 0 Å². The minimum Gasteiger partial charge on any atom is -0.314 e. The Morgan fingerprint density at radius 1 is 1.21 bits per heavy atom. The fourth-order valence-electron chi connectivity index (χ4n) is 2.37. The molecule has 1 aliphatic carbocycles. The van der Waals surface area contributed by atoms with Crippen LogP contribution in [0.4, 0.5) is 0 Å². The lowest BCUT2D eigenvalue weighted by molar-refractivity contribution is 0.189. The number of rotatable bonds is 4. The summed E-state index contributed by atoms with van der Waals surface area (Å²) in [6.45, 7) is 6.23. The van der Waals surface area contributed by atoms with Gasteiger partial charge in [-0.05, 0) is 71.1 Å². The first-order valence-corrected chi connectivity index (χ1v) is 6.17. The predicted octanol–water partition coefficient (Wildman–Crippen LogP) is 1.72. The highest BCUT2D eigenvalue weighted by molar-refractivity contribution is 4.82. The van der Waals surface area contributed by atoms with E-state index in [1.165, 1.54) is 45.3 Å². The van der Waals surface area contributed by atoms with E-state index < -0.39 is 0 Å². The van der Waals surface area contributed by atoms with Gasteiger partial charge in [-0.3, -0.25) is 0 Å². The quantitative estimate of drug-likeness (QED) is 0.736. The zero-order valence-corrected chi connectivity index (χ0v) is 9.63. The molecule has 1 saturated carbocycles. The minimum atomic E-state index is 0.740. The van der Waals surface area contributed by atoms with Gasteiger partial charge in [-0.1, -0.05) is 0 Å². The van der Waals surface area contributed by atoms with E-state index in [-0.39, 0.29) is 0 Å². The third-order valence-corrected chi connectivity index (χ3v) is 3.90. The molecule has 82 valence electrons. The first kappa shape index (κ1) is 10.4. The standard InChI is InChI=1S/C12H24N2/c1-10(13-9-11-3-4-11)12-5-7-14(2)8-6-12/h10-13H,3-9H2,1-2H3. The molecule has 2 fully saturated rings. The van der Waals surface area contributed by atoms with E-state index in [1.807, 2.05) is 0 Å². The Bertz CT molecular complexity index is 169. The summed E-state index contributed by atoms with van der Waals surface area (Å²) in [5, 5.41) is 3.71. The average Bonchev–Trinajstić information content (AvgIpc) is 2.99. The second kappa shape index (κ2) is 4.63. The fraction of sp³-hybridized carbons (Fsp3) is 1.00. The van der Waals surface area contributed by atoms with Gasteiger partial charge in [0, 0.05) is 6.04 Å². The van der Waals surface area contributed by atoms with Crippen LogP contribution < -0.4 is 5.32 Å². The van der Waals surface area contributed by atoms with Crippen LogP contribution >= 0.6 is 0 Å². The third-order valence-electron chi connectivity index (χ3n) is 3.90. The van der Waals surface area contributed by atoms with Crippen LogP contribution in [-0.2, 0) is 0 Å². The molecule has 0 aromatic heterocycles. The van der Waals surface area contributed by atoms with Gasteiger partial charge in [0.15, 0.2) is 0 Å². The van der Waals surface area contributed by atoms with Gasteiger partial charge in [-0.25, -0.2) is 0 Å². The maximum atomic E-state index is 3.71. The van der Waals surface area contributed by atoms with Crippen molar-refractivity contribution in [1.82, 2.24) is 10.2 Å². The van der Waals surface area contributed by atoms with Crippen LogP contribution in [0.5, 0.6) is 0 Å². The van der Waals surface area contributed by atoms with E-state index in [0.29, 0.717) is 0 Å². The van der Waals surface area contributed by atoms with Gasteiger partial charge in [-0.2, -0.15) is 0 Å². The molecular weight excluding hydrogens is 172 g/mol. The molecule has 1 N–H and O–H groups in total. The van der Waals surface area contributed by atoms with Crippen molar-refractivity contribution in [2.24, 2.45) is 11.8 Å². The molecule has 14 heavy (non-hydrogen) atoms. The van der Waals surface area contributed by atoms with E-state index in [4.69, 9.17) is 0 Å². The van der Waals surface area contributed by atoms with Crippen LogP contribution in [0.1, 0.15) is 32.6 Å². The van der Waals surface area contributed by atoms with Gasteiger partial charge < -0.3 is 10.2 Å². The second-order valence-corrected chi connectivity index (χ2v) is 5.28. The summed E-state index contributed by atoms with van der Waals surface area (Å²) in [6, 6.07) is 0.740. The van der Waals surface area contributed by atoms with Crippen molar-refractivity contribution < 1.29 is 0 Å². The van der Waals surface area contributed by atoms with Crippen molar-refractivity contribution in [2.45, 2.75) is 38.6 Å². The molecule has 1 saturated heterocycles. The molecule has 1 heterocycles. The van der Waals surface area contributed by atoms with E-state index in [9.17, 15) is 0 Å². The molecule has 0 radical (unpaired) electrons. The molecule has 1 atom stereocenters. The minimum absolute atomic E-state index is 0.740. The highest BCUT2D eigenvalue weighted by Gasteiger charge is 2.25. The maximum Gasteiger partial charge on any atom is 0.00680 e. The molecule has 2 rings (SSSR count). The highest BCUT2D eigenvalue weighted by atomic mass is 15.1. The van der Waals surface area contributed by atoms with E-state index in [0.717, 1.165) is 17.9 Å². The van der Waals surface area contributed by atoms with Crippen LogP contribution in [-0.4, -0.2) is 37.6 Å². The summed E-state index contributed by atoms with van der Waals surface area (Å²) in [6.07, 6.45) is 5.70. The monoisotopic (exact) mass is 196 g/mol. The normalized spacial score (nSPS) is 27.9. The van der Waals surface area contributed by atoms with E-state index in [2.05, 4.69) is 24.2 Å². The van der Waals surface area contributed by atoms with Crippen molar-refractivity contribution in [2.75, 3.05) is 26.7 Å². The van der Waals surface area contributed by atoms with Crippen LogP contribution in [0.15, 0.2) is 0 Å². The van der Waals surface area contributed by atoms with Gasteiger partial charge in [0.05, 0.1) is 0 Å². The summed E-state index contributed by atoms with van der Waals surface area (Å²) in [5.74, 6) is 1.94. The molecule has 0 amide bonds. The Balaban J connectivity index is 1.65. The first-order valence-electron chi connectivity index (χ1n) is 6.17. The van der Waals surface area contributed by atoms with Crippen molar-refractivity contribution in [3.05, 3.63) is 0 Å². The summed E-state index contributed by atoms with van der Waals surface area (Å²) in [5.41, 5.74) is 0. The van der Waals surface area contributed by atoms with Gasteiger partial charge in [0.1, 0.15) is 0 Å². The second-order valence-electron chi connectivity index (χ2n) is 5.28. The maximum absolute atomic E-state index is 3.71. The average molecular weight is 196 g/mol.